The maximum atomic E-state index is 10.8. The van der Waals surface area contributed by atoms with Crippen molar-refractivity contribution in [2.24, 2.45) is 5.92 Å². The Morgan fingerprint density at radius 2 is 1.90 bits per heavy atom. The summed E-state index contributed by atoms with van der Waals surface area (Å²) in [4.78, 5) is 10.4. The molecule has 0 saturated heterocycles. The first-order chi connectivity index (χ1) is 9.66. The smallest absolute Gasteiger partial charge is 0.269 e. The van der Waals surface area contributed by atoms with E-state index in [4.69, 9.17) is 0 Å². The van der Waals surface area contributed by atoms with Crippen LogP contribution in [0.5, 0.6) is 0 Å². The van der Waals surface area contributed by atoms with Gasteiger partial charge in [-0.2, -0.15) is 0 Å². The second kappa shape index (κ2) is 5.06. The Morgan fingerprint density at radius 1 is 1.15 bits per heavy atom. The second-order valence-corrected chi connectivity index (χ2v) is 5.21. The van der Waals surface area contributed by atoms with E-state index < -0.39 is 6.10 Å². The van der Waals surface area contributed by atoms with E-state index >= 15 is 0 Å². The van der Waals surface area contributed by atoms with Gasteiger partial charge in [0, 0.05) is 12.1 Å². The predicted octanol–water partition coefficient (Wildman–Crippen LogP) is 3.43. The van der Waals surface area contributed by atoms with E-state index in [-0.39, 0.29) is 22.4 Å². The summed E-state index contributed by atoms with van der Waals surface area (Å²) < 4.78 is 0. The van der Waals surface area contributed by atoms with Gasteiger partial charge in [-0.25, -0.2) is 0 Å². The summed E-state index contributed by atoms with van der Waals surface area (Å²) in [6, 6.07) is 16.3. The number of rotatable bonds is 4. The van der Waals surface area contributed by atoms with Crippen LogP contribution in [0.15, 0.2) is 54.6 Å². The Morgan fingerprint density at radius 3 is 2.60 bits per heavy atom. The van der Waals surface area contributed by atoms with Gasteiger partial charge in [-0.05, 0) is 29.4 Å². The molecule has 0 amide bonds. The van der Waals surface area contributed by atoms with Crippen LogP contribution in [0, 0.1) is 16.0 Å². The maximum Gasteiger partial charge on any atom is 0.269 e. The average Bonchev–Trinajstić information content (AvgIpc) is 3.28. The second-order valence-electron chi connectivity index (χ2n) is 5.21. The normalized spacial score (nSPS) is 22.2. The fraction of sp³-hybridized carbons (Fsp3) is 0.250. The molecular weight excluding hydrogens is 254 g/mol. The van der Waals surface area contributed by atoms with E-state index in [0.717, 1.165) is 17.5 Å². The number of aliphatic hydroxyl groups is 1. The van der Waals surface area contributed by atoms with Gasteiger partial charge in [0.15, 0.2) is 0 Å². The molecule has 0 spiro atoms. The number of non-ortho nitro benzene ring substituents is 1. The maximum absolute atomic E-state index is 10.8. The van der Waals surface area contributed by atoms with E-state index in [1.807, 2.05) is 36.4 Å². The van der Waals surface area contributed by atoms with Crippen molar-refractivity contribution in [3.05, 3.63) is 75.8 Å². The topological polar surface area (TPSA) is 63.4 Å². The van der Waals surface area contributed by atoms with Crippen molar-refractivity contribution in [3.8, 4) is 0 Å². The van der Waals surface area contributed by atoms with Gasteiger partial charge in [0.05, 0.1) is 11.0 Å². The number of hydrogen-bond acceptors (Lipinski definition) is 3. The zero-order chi connectivity index (χ0) is 14.1. The van der Waals surface area contributed by atoms with Gasteiger partial charge in [-0.1, -0.05) is 42.5 Å². The molecule has 2 aromatic carbocycles. The first-order valence-electron chi connectivity index (χ1n) is 6.64. The van der Waals surface area contributed by atoms with Crippen molar-refractivity contribution in [3.63, 3.8) is 0 Å². The number of benzene rings is 2. The quantitative estimate of drug-likeness (QED) is 0.683. The SMILES string of the molecule is O=[N+]([O-])c1cccc(C2CC2C(O)c2ccccc2)c1. The van der Waals surface area contributed by atoms with Crippen LogP contribution in [0.1, 0.15) is 29.6 Å². The number of nitrogens with zero attached hydrogens (tertiary/aromatic N) is 1. The molecule has 102 valence electrons. The third kappa shape index (κ3) is 2.42. The molecule has 4 nitrogen and oxygen atoms in total. The van der Waals surface area contributed by atoms with Gasteiger partial charge in [-0.15, -0.1) is 0 Å². The molecule has 20 heavy (non-hydrogen) atoms. The fourth-order valence-corrected chi connectivity index (χ4v) is 2.71. The molecule has 0 bridgehead atoms. The fourth-order valence-electron chi connectivity index (χ4n) is 2.71. The van der Waals surface area contributed by atoms with Crippen molar-refractivity contribution in [1.82, 2.24) is 0 Å². The first-order valence-corrected chi connectivity index (χ1v) is 6.64. The van der Waals surface area contributed by atoms with E-state index in [0.29, 0.717) is 0 Å². The summed E-state index contributed by atoms with van der Waals surface area (Å²) >= 11 is 0. The first kappa shape index (κ1) is 12.8. The lowest BCUT2D eigenvalue weighted by atomic mass is 10.0. The molecule has 2 aromatic rings. The Balaban J connectivity index is 1.76. The minimum atomic E-state index is -0.500. The highest BCUT2D eigenvalue weighted by atomic mass is 16.6. The summed E-state index contributed by atoms with van der Waals surface area (Å²) in [5.74, 6) is 0.365. The molecule has 0 radical (unpaired) electrons. The Bertz CT molecular complexity index is 627. The van der Waals surface area contributed by atoms with E-state index in [9.17, 15) is 15.2 Å². The van der Waals surface area contributed by atoms with E-state index in [2.05, 4.69) is 0 Å². The van der Waals surface area contributed by atoms with Crippen molar-refractivity contribution in [2.75, 3.05) is 0 Å². The number of nitro benzene ring substituents is 1. The summed E-state index contributed by atoms with van der Waals surface area (Å²) in [7, 11) is 0. The van der Waals surface area contributed by atoms with Crippen LogP contribution in [0.3, 0.4) is 0 Å². The van der Waals surface area contributed by atoms with Gasteiger partial charge < -0.3 is 5.11 Å². The van der Waals surface area contributed by atoms with Crippen LogP contribution in [0.4, 0.5) is 5.69 Å². The van der Waals surface area contributed by atoms with Gasteiger partial charge in [-0.3, -0.25) is 10.1 Å². The van der Waals surface area contributed by atoms with Crippen LogP contribution in [0.25, 0.3) is 0 Å². The van der Waals surface area contributed by atoms with E-state index in [1.165, 1.54) is 6.07 Å². The predicted molar refractivity (Wildman–Crippen MR) is 75.3 cm³/mol. The van der Waals surface area contributed by atoms with Crippen molar-refractivity contribution in [1.29, 1.82) is 0 Å². The lowest BCUT2D eigenvalue weighted by Gasteiger charge is -2.10. The average molecular weight is 269 g/mol. The molecule has 1 saturated carbocycles. The van der Waals surface area contributed by atoms with Gasteiger partial charge >= 0.3 is 0 Å². The molecule has 0 aliphatic heterocycles. The van der Waals surface area contributed by atoms with Crippen LogP contribution < -0.4 is 0 Å². The van der Waals surface area contributed by atoms with Crippen LogP contribution >= 0.6 is 0 Å². The largest absolute Gasteiger partial charge is 0.388 e. The summed E-state index contributed by atoms with van der Waals surface area (Å²) in [6.45, 7) is 0. The number of aliphatic hydroxyl groups excluding tert-OH is 1. The van der Waals surface area contributed by atoms with Gasteiger partial charge in [0.25, 0.3) is 5.69 Å². The van der Waals surface area contributed by atoms with Crippen molar-refractivity contribution in [2.45, 2.75) is 18.4 Å². The zero-order valence-electron chi connectivity index (χ0n) is 10.8. The third-order valence-electron chi connectivity index (χ3n) is 3.90. The van der Waals surface area contributed by atoms with Crippen LogP contribution in [-0.2, 0) is 0 Å². The molecule has 1 N–H and O–H groups in total. The lowest BCUT2D eigenvalue weighted by molar-refractivity contribution is -0.384. The van der Waals surface area contributed by atoms with Crippen molar-refractivity contribution < 1.29 is 10.0 Å². The lowest BCUT2D eigenvalue weighted by Crippen LogP contribution is -2.01. The Labute approximate surface area is 116 Å². The highest BCUT2D eigenvalue weighted by molar-refractivity contribution is 5.39. The molecule has 3 unspecified atom stereocenters. The van der Waals surface area contributed by atoms with Crippen LogP contribution in [0.2, 0.25) is 0 Å². The molecule has 3 rings (SSSR count). The highest BCUT2D eigenvalue weighted by Gasteiger charge is 2.44. The third-order valence-corrected chi connectivity index (χ3v) is 3.90. The molecule has 1 fully saturated rings. The molecule has 0 heterocycles. The summed E-state index contributed by atoms with van der Waals surface area (Å²) in [5, 5.41) is 21.1. The molecule has 3 atom stereocenters. The molecule has 4 heteroatoms. The van der Waals surface area contributed by atoms with E-state index in [1.54, 1.807) is 12.1 Å². The summed E-state index contributed by atoms with van der Waals surface area (Å²) in [6.07, 6.45) is 0.373. The summed E-state index contributed by atoms with van der Waals surface area (Å²) in [5.41, 5.74) is 1.96. The van der Waals surface area contributed by atoms with Crippen LogP contribution in [-0.4, -0.2) is 10.0 Å². The molecule has 1 aliphatic carbocycles. The van der Waals surface area contributed by atoms with Gasteiger partial charge in [0.1, 0.15) is 0 Å². The molecule has 1 aliphatic rings. The Hall–Kier alpha value is -2.20. The minimum absolute atomic E-state index is 0.113. The van der Waals surface area contributed by atoms with Gasteiger partial charge in [0.2, 0.25) is 0 Å². The molecule has 0 aromatic heterocycles. The number of hydrogen-bond donors (Lipinski definition) is 1. The monoisotopic (exact) mass is 269 g/mol. The zero-order valence-corrected chi connectivity index (χ0v) is 10.8. The molecular formula is C16H15NO3. The standard InChI is InChI=1S/C16H15NO3/c18-16(11-5-2-1-3-6-11)15-10-14(15)12-7-4-8-13(9-12)17(19)20/h1-9,14-16,18H,10H2. The number of nitro groups is 1. The Kier molecular flexibility index (Phi) is 3.24. The minimum Gasteiger partial charge on any atom is -0.388 e. The highest BCUT2D eigenvalue weighted by Crippen LogP contribution is 2.54. The van der Waals surface area contributed by atoms with Crippen molar-refractivity contribution >= 4 is 5.69 Å².